The lowest BCUT2D eigenvalue weighted by Crippen LogP contribution is -2.26. The lowest BCUT2D eigenvalue weighted by molar-refractivity contribution is 0.447. The van der Waals surface area contributed by atoms with E-state index in [4.69, 9.17) is 13.1 Å². The van der Waals surface area contributed by atoms with Crippen molar-refractivity contribution in [2.24, 2.45) is 0 Å². The third-order valence-electron chi connectivity index (χ3n) is 8.03. The van der Waals surface area contributed by atoms with Gasteiger partial charge in [0.25, 0.3) is 11.4 Å². The summed E-state index contributed by atoms with van der Waals surface area (Å²) in [5.41, 5.74) is 0.416. The molecule has 0 amide bonds. The molecule has 3 aromatic carbocycles. The second kappa shape index (κ2) is 10.9. The molecule has 0 aliphatic heterocycles. The maximum absolute atomic E-state index is 14.1. The Morgan fingerprint density at radius 1 is 0.625 bits per heavy atom. The molecule has 0 bridgehead atoms. The van der Waals surface area contributed by atoms with Crippen molar-refractivity contribution < 1.29 is 26.3 Å². The second-order valence-corrected chi connectivity index (χ2v) is 10.6. The van der Waals surface area contributed by atoms with Gasteiger partial charge in [0.15, 0.2) is 34.9 Å². The van der Waals surface area contributed by atoms with Gasteiger partial charge in [-0.3, -0.25) is 9.97 Å². The van der Waals surface area contributed by atoms with E-state index in [1.54, 1.807) is 0 Å². The van der Waals surface area contributed by atoms with Crippen LogP contribution in [-0.2, 0) is 12.8 Å². The van der Waals surface area contributed by atoms with Crippen LogP contribution < -0.4 is 10.4 Å². The van der Waals surface area contributed by atoms with Crippen LogP contribution in [0.25, 0.3) is 66.1 Å². The summed E-state index contributed by atoms with van der Waals surface area (Å²) >= 11 is 0. The third kappa shape index (κ3) is 4.28. The highest BCUT2D eigenvalue weighted by Crippen LogP contribution is 2.39. The van der Waals surface area contributed by atoms with Gasteiger partial charge in [-0.2, -0.15) is 0 Å². The highest BCUT2D eigenvalue weighted by molar-refractivity contribution is 5.90. The molecule has 2 aliphatic carbocycles. The van der Waals surface area contributed by atoms with Crippen LogP contribution in [0.2, 0.25) is 0 Å². The van der Waals surface area contributed by atoms with Crippen molar-refractivity contribution in [3.05, 3.63) is 127 Å². The van der Waals surface area contributed by atoms with Gasteiger partial charge < -0.3 is 0 Å². The van der Waals surface area contributed by atoms with Crippen molar-refractivity contribution in [3.63, 3.8) is 0 Å². The molecule has 0 radical (unpaired) electrons. The molecule has 8 nitrogen and oxygen atoms in total. The van der Waals surface area contributed by atoms with E-state index in [-0.39, 0.29) is 90.8 Å². The largest absolute Gasteiger partial charge is 0.269 e. The molecule has 7 rings (SSSR count). The highest BCUT2D eigenvalue weighted by Gasteiger charge is 2.35. The number of nitriles is 2. The summed E-state index contributed by atoms with van der Waals surface area (Å²) in [5, 5.41) is 20.3. The average Bonchev–Trinajstić information content (AvgIpc) is 3.65. The number of fused-ring (bicyclic) bond motifs is 6. The van der Waals surface area contributed by atoms with Gasteiger partial charge in [0, 0.05) is 45.5 Å². The van der Waals surface area contributed by atoms with E-state index in [0.29, 0.717) is 0 Å². The lowest BCUT2D eigenvalue weighted by atomic mass is 9.92. The molecule has 0 saturated heterocycles. The van der Waals surface area contributed by atoms with Crippen molar-refractivity contribution >= 4 is 11.4 Å². The van der Waals surface area contributed by atoms with Crippen molar-refractivity contribution in [3.8, 4) is 57.2 Å². The average molecular weight is 644 g/mol. The van der Waals surface area contributed by atoms with Crippen molar-refractivity contribution in [2.75, 3.05) is 0 Å². The topological polar surface area (TPSA) is 108 Å². The van der Waals surface area contributed by atoms with Crippen LogP contribution in [-0.4, -0.2) is 19.9 Å². The minimum absolute atomic E-state index is 0.0616. The first-order valence-corrected chi connectivity index (χ1v) is 13.6. The molecular formula is C34H10F6N8. The molecule has 0 atom stereocenters. The lowest BCUT2D eigenvalue weighted by Gasteiger charge is -2.13. The van der Waals surface area contributed by atoms with Crippen molar-refractivity contribution in [1.29, 1.82) is 10.5 Å². The summed E-state index contributed by atoms with van der Waals surface area (Å²) in [6, 6.07) is 6.66. The predicted molar refractivity (Wildman–Crippen MR) is 155 cm³/mol. The Morgan fingerprint density at radius 2 is 0.979 bits per heavy atom. The van der Waals surface area contributed by atoms with Gasteiger partial charge in [-0.25, -0.2) is 56.5 Å². The van der Waals surface area contributed by atoms with Gasteiger partial charge in [0.2, 0.25) is 0 Å². The first-order valence-electron chi connectivity index (χ1n) is 13.6. The Kier molecular flexibility index (Phi) is 6.75. The molecule has 0 spiro atoms. The maximum Gasteiger partial charge on any atom is 0.269 e. The number of rotatable bonds is 2. The van der Waals surface area contributed by atoms with E-state index in [9.17, 15) is 36.9 Å². The van der Waals surface area contributed by atoms with E-state index >= 15 is 0 Å². The van der Waals surface area contributed by atoms with Crippen molar-refractivity contribution in [1.82, 2.24) is 19.9 Å². The van der Waals surface area contributed by atoms with E-state index in [1.807, 2.05) is 12.1 Å². The summed E-state index contributed by atoms with van der Waals surface area (Å²) in [5.74, 6) is -9.20. The normalized spacial score (nSPS) is 13.2. The van der Waals surface area contributed by atoms with Crippen LogP contribution in [0, 0.1) is 70.7 Å². The van der Waals surface area contributed by atoms with Gasteiger partial charge in [-0.15, -0.1) is 0 Å². The highest BCUT2D eigenvalue weighted by atomic mass is 19.2. The first kappa shape index (κ1) is 29.8. The van der Waals surface area contributed by atoms with Gasteiger partial charge in [0.1, 0.15) is 0 Å². The number of nitrogens with zero attached hydrogens (tertiary/aromatic N) is 8. The Bertz CT molecular complexity index is 2380. The molecule has 14 heteroatoms. The monoisotopic (exact) mass is 644 g/mol. The molecule has 0 N–H and O–H groups in total. The molecule has 2 aromatic heterocycles. The van der Waals surface area contributed by atoms with Crippen LogP contribution in [0.15, 0.2) is 36.7 Å². The van der Waals surface area contributed by atoms with E-state index in [2.05, 4.69) is 29.6 Å². The summed E-state index contributed by atoms with van der Waals surface area (Å²) < 4.78 is 83.9. The Morgan fingerprint density at radius 3 is 1.29 bits per heavy atom. The van der Waals surface area contributed by atoms with E-state index in [1.165, 1.54) is 12.4 Å². The zero-order chi connectivity index (χ0) is 34.0. The summed E-state index contributed by atoms with van der Waals surface area (Å²) in [4.78, 5) is 24.7. The predicted octanol–water partition coefficient (Wildman–Crippen LogP) is 5.68. The molecule has 228 valence electrons. The molecular weight excluding hydrogens is 634 g/mol. The fourth-order valence-corrected chi connectivity index (χ4v) is 6.03. The van der Waals surface area contributed by atoms with Crippen LogP contribution in [0.1, 0.15) is 22.5 Å². The van der Waals surface area contributed by atoms with Gasteiger partial charge in [-0.05, 0) is 35.4 Å². The fourth-order valence-electron chi connectivity index (χ4n) is 6.03. The van der Waals surface area contributed by atoms with Crippen LogP contribution >= 0.6 is 0 Å². The van der Waals surface area contributed by atoms with Crippen LogP contribution in [0.5, 0.6) is 0 Å². The second-order valence-electron chi connectivity index (χ2n) is 10.6. The molecule has 0 fully saturated rings. The summed E-state index contributed by atoms with van der Waals surface area (Å²) in [6.45, 7) is 15.6. The maximum atomic E-state index is 14.1. The smallest absolute Gasteiger partial charge is 0.256 e. The van der Waals surface area contributed by atoms with E-state index < -0.39 is 46.3 Å². The molecule has 5 aromatic rings. The number of hydrogen-bond acceptors (Lipinski definition) is 6. The van der Waals surface area contributed by atoms with Crippen LogP contribution in [0.4, 0.5) is 26.3 Å². The van der Waals surface area contributed by atoms with Gasteiger partial charge in [0.05, 0.1) is 71.8 Å². The zero-order valence-electron chi connectivity index (χ0n) is 23.7. The SMILES string of the molecule is [C-]#[N+]/C(C#N)=c1/c2c(/c(=C(\C#N)[N+]#[C-])c3c1-c1nc(-c4cc(F)c(F)c(F)c4)cnc1C3)-c1nc(-c3cc(F)c(F)c(F)c3)cnc1C2. The zero-order valence-corrected chi connectivity index (χ0v) is 23.7. The summed E-state index contributed by atoms with van der Waals surface area (Å²) in [6.07, 6.45) is 2.28. The Balaban J connectivity index is 1.58. The number of benzene rings is 3. The van der Waals surface area contributed by atoms with E-state index in [0.717, 1.165) is 24.3 Å². The molecule has 2 heterocycles. The van der Waals surface area contributed by atoms with Gasteiger partial charge >= 0.3 is 0 Å². The number of hydrogen-bond donors (Lipinski definition) is 0. The molecule has 0 unspecified atom stereocenters. The quantitative estimate of drug-likeness (QED) is 0.136. The van der Waals surface area contributed by atoms with Crippen molar-refractivity contribution in [2.45, 2.75) is 12.8 Å². The Labute approximate surface area is 265 Å². The minimum atomic E-state index is -1.68. The number of halogens is 6. The number of aromatic nitrogens is 4. The first-order chi connectivity index (χ1) is 23.1. The van der Waals surface area contributed by atoms with Gasteiger partial charge in [-0.1, -0.05) is 0 Å². The minimum Gasteiger partial charge on any atom is -0.256 e. The fraction of sp³-hybridized carbons (Fsp3) is 0.0588. The molecule has 0 saturated carbocycles. The van der Waals surface area contributed by atoms with Crippen LogP contribution in [0.3, 0.4) is 0 Å². The third-order valence-corrected chi connectivity index (χ3v) is 8.03. The summed E-state index contributed by atoms with van der Waals surface area (Å²) in [7, 11) is 0. The molecule has 48 heavy (non-hydrogen) atoms. The standard InChI is InChI=1S/C34H10F6N8/c1-43-23(9-41)27-15-7-21-34(48-26(12-45-21)14-5-19(37)32(40)20(38)6-14)30(15)28(24(10-42)44-2)16-8-22-33(29(16)27)47-25(11-46-22)13-3-17(35)31(39)18(36)4-13/h3-6,11-12H,7-8H2/b27-23-,28-24+. The molecule has 2 aliphatic rings. The Hall–Kier alpha value is -6.90.